The average Bonchev–Trinajstić information content (AvgIpc) is 3.16. The largest absolute Gasteiger partial charge is 0.332 e. The molecule has 0 aliphatic rings. The van der Waals surface area contributed by atoms with E-state index in [2.05, 4.69) is 28.9 Å². The van der Waals surface area contributed by atoms with Crippen molar-refractivity contribution in [1.29, 1.82) is 0 Å². The van der Waals surface area contributed by atoms with E-state index >= 15 is 0 Å². The van der Waals surface area contributed by atoms with E-state index in [0.717, 1.165) is 10.0 Å². The van der Waals surface area contributed by atoms with Crippen LogP contribution in [0.15, 0.2) is 70.5 Å². The Kier molecular flexibility index (Phi) is 8.04. The third-order valence-corrected chi connectivity index (χ3v) is 6.63. The number of halogens is 1. The molecule has 2 aromatic carbocycles. The molecule has 6 heteroatoms. The number of rotatable bonds is 8. The standard InChI is InChI=1S/C25H27BrN2O2S/c1-18(2)28(25(30)21-10-7-11-22(26)14-21)17-24(29)27(15-20-8-5-4-6-9-20)16-23-19(3)12-13-31-23/h4-14,18H,15-17H2,1-3H3. The van der Waals surface area contributed by atoms with Gasteiger partial charge in [-0.15, -0.1) is 11.3 Å². The van der Waals surface area contributed by atoms with E-state index in [0.29, 0.717) is 18.7 Å². The number of aryl methyl sites for hydroxylation is 1. The number of nitrogens with zero attached hydrogens (tertiary/aromatic N) is 2. The summed E-state index contributed by atoms with van der Waals surface area (Å²) in [6, 6.07) is 19.2. The molecule has 162 valence electrons. The van der Waals surface area contributed by atoms with Crippen LogP contribution in [0.4, 0.5) is 0 Å². The first-order chi connectivity index (χ1) is 14.8. The molecule has 3 aromatic rings. The summed E-state index contributed by atoms with van der Waals surface area (Å²) in [6.45, 7) is 7.03. The molecule has 3 rings (SSSR count). The van der Waals surface area contributed by atoms with Gasteiger partial charge in [0.05, 0.1) is 6.54 Å². The number of thiophene rings is 1. The van der Waals surface area contributed by atoms with Gasteiger partial charge in [0.15, 0.2) is 0 Å². The molecule has 1 heterocycles. The Bertz CT molecular complexity index is 1030. The van der Waals surface area contributed by atoms with Crippen LogP contribution in [0.3, 0.4) is 0 Å². The molecule has 4 nitrogen and oxygen atoms in total. The molecule has 0 unspecified atom stereocenters. The molecule has 0 atom stereocenters. The molecule has 0 N–H and O–H groups in total. The maximum Gasteiger partial charge on any atom is 0.254 e. The monoisotopic (exact) mass is 498 g/mol. The van der Waals surface area contributed by atoms with Gasteiger partial charge < -0.3 is 9.80 Å². The van der Waals surface area contributed by atoms with Gasteiger partial charge in [0.2, 0.25) is 5.91 Å². The van der Waals surface area contributed by atoms with Gasteiger partial charge >= 0.3 is 0 Å². The number of hydrogen-bond donors (Lipinski definition) is 0. The molecular formula is C25H27BrN2O2S. The Morgan fingerprint density at radius 3 is 2.35 bits per heavy atom. The van der Waals surface area contributed by atoms with E-state index in [1.165, 1.54) is 10.4 Å². The summed E-state index contributed by atoms with van der Waals surface area (Å²) in [4.78, 5) is 31.2. The van der Waals surface area contributed by atoms with Crippen molar-refractivity contribution in [1.82, 2.24) is 9.80 Å². The molecule has 0 saturated heterocycles. The predicted octanol–water partition coefficient (Wildman–Crippen LogP) is 5.90. The molecule has 0 radical (unpaired) electrons. The smallest absolute Gasteiger partial charge is 0.254 e. The second kappa shape index (κ2) is 10.7. The van der Waals surface area contributed by atoms with Crippen LogP contribution in [0.25, 0.3) is 0 Å². The average molecular weight is 499 g/mol. The lowest BCUT2D eigenvalue weighted by atomic mass is 10.1. The van der Waals surface area contributed by atoms with E-state index in [4.69, 9.17) is 0 Å². The fraction of sp³-hybridized carbons (Fsp3) is 0.280. The maximum atomic E-state index is 13.4. The van der Waals surface area contributed by atoms with E-state index in [-0.39, 0.29) is 24.4 Å². The van der Waals surface area contributed by atoms with Crippen molar-refractivity contribution in [3.8, 4) is 0 Å². The van der Waals surface area contributed by atoms with E-state index < -0.39 is 0 Å². The summed E-state index contributed by atoms with van der Waals surface area (Å²) >= 11 is 5.08. The summed E-state index contributed by atoms with van der Waals surface area (Å²) in [6.07, 6.45) is 0. The van der Waals surface area contributed by atoms with Crippen molar-refractivity contribution >= 4 is 39.1 Å². The molecule has 1 aromatic heterocycles. The Balaban J connectivity index is 1.82. The highest BCUT2D eigenvalue weighted by molar-refractivity contribution is 9.10. The number of carbonyl (C=O) groups excluding carboxylic acids is 2. The second-order valence-electron chi connectivity index (χ2n) is 7.80. The SMILES string of the molecule is Cc1ccsc1CN(Cc1ccccc1)C(=O)CN(C(=O)c1cccc(Br)c1)C(C)C. The lowest BCUT2D eigenvalue weighted by Gasteiger charge is -2.30. The molecule has 0 saturated carbocycles. The highest BCUT2D eigenvalue weighted by Crippen LogP contribution is 2.20. The van der Waals surface area contributed by atoms with Gasteiger partial charge in [-0.2, -0.15) is 0 Å². The number of carbonyl (C=O) groups is 2. The van der Waals surface area contributed by atoms with Crippen molar-refractivity contribution in [2.75, 3.05) is 6.54 Å². The fourth-order valence-electron chi connectivity index (χ4n) is 3.30. The lowest BCUT2D eigenvalue weighted by molar-refractivity contribution is -0.133. The first kappa shape index (κ1) is 23.2. The zero-order valence-corrected chi connectivity index (χ0v) is 20.4. The van der Waals surface area contributed by atoms with Crippen LogP contribution in [0.2, 0.25) is 0 Å². The van der Waals surface area contributed by atoms with E-state index in [1.807, 2.05) is 66.6 Å². The third kappa shape index (κ3) is 6.28. The first-order valence-corrected chi connectivity index (χ1v) is 11.9. The Morgan fingerprint density at radius 2 is 1.74 bits per heavy atom. The fourth-order valence-corrected chi connectivity index (χ4v) is 4.62. The van der Waals surface area contributed by atoms with Crippen LogP contribution in [-0.2, 0) is 17.9 Å². The molecule has 2 amide bonds. The van der Waals surface area contributed by atoms with Gasteiger partial charge in [0, 0.05) is 27.5 Å². The van der Waals surface area contributed by atoms with Crippen LogP contribution in [0.5, 0.6) is 0 Å². The number of amides is 2. The second-order valence-corrected chi connectivity index (χ2v) is 9.72. The summed E-state index contributed by atoms with van der Waals surface area (Å²) in [5.41, 5.74) is 2.82. The van der Waals surface area contributed by atoms with Crippen LogP contribution in [-0.4, -0.2) is 34.2 Å². The van der Waals surface area contributed by atoms with Crippen LogP contribution < -0.4 is 0 Å². The van der Waals surface area contributed by atoms with Gasteiger partial charge in [-0.1, -0.05) is 52.3 Å². The molecule has 31 heavy (non-hydrogen) atoms. The molecule has 0 spiro atoms. The predicted molar refractivity (Wildman–Crippen MR) is 130 cm³/mol. The van der Waals surface area contributed by atoms with Crippen molar-refractivity contribution in [2.45, 2.75) is 39.9 Å². The summed E-state index contributed by atoms with van der Waals surface area (Å²) in [5, 5.41) is 2.05. The van der Waals surface area contributed by atoms with Gasteiger partial charge in [-0.05, 0) is 61.5 Å². The minimum atomic E-state index is -0.142. The van der Waals surface area contributed by atoms with E-state index in [1.54, 1.807) is 28.4 Å². The zero-order valence-electron chi connectivity index (χ0n) is 18.0. The molecule has 0 bridgehead atoms. The van der Waals surface area contributed by atoms with Gasteiger partial charge in [-0.3, -0.25) is 9.59 Å². The highest BCUT2D eigenvalue weighted by atomic mass is 79.9. The highest BCUT2D eigenvalue weighted by Gasteiger charge is 2.25. The molecule has 0 aliphatic heterocycles. The van der Waals surface area contributed by atoms with Gasteiger partial charge in [0.1, 0.15) is 6.54 Å². The van der Waals surface area contributed by atoms with Crippen LogP contribution in [0, 0.1) is 6.92 Å². The van der Waals surface area contributed by atoms with Gasteiger partial charge in [-0.25, -0.2) is 0 Å². The van der Waals surface area contributed by atoms with Crippen molar-refractivity contribution in [2.24, 2.45) is 0 Å². The Labute approximate surface area is 196 Å². The number of benzene rings is 2. The zero-order chi connectivity index (χ0) is 22.4. The summed E-state index contributed by atoms with van der Waals surface area (Å²) < 4.78 is 0.840. The number of hydrogen-bond acceptors (Lipinski definition) is 3. The molecule has 0 fully saturated rings. The van der Waals surface area contributed by atoms with Crippen molar-refractivity contribution in [3.05, 3.63) is 92.1 Å². The van der Waals surface area contributed by atoms with Crippen LogP contribution >= 0.6 is 27.3 Å². The van der Waals surface area contributed by atoms with Crippen LogP contribution in [0.1, 0.15) is 40.2 Å². The third-order valence-electron chi connectivity index (χ3n) is 5.13. The molecule has 0 aliphatic carbocycles. The minimum absolute atomic E-state index is 0.0419. The maximum absolute atomic E-state index is 13.4. The first-order valence-electron chi connectivity index (χ1n) is 10.3. The minimum Gasteiger partial charge on any atom is -0.332 e. The lowest BCUT2D eigenvalue weighted by Crippen LogP contribution is -2.45. The van der Waals surface area contributed by atoms with Crippen molar-refractivity contribution in [3.63, 3.8) is 0 Å². The Hall–Kier alpha value is -2.44. The summed E-state index contributed by atoms with van der Waals surface area (Å²) in [7, 11) is 0. The molecular weight excluding hydrogens is 472 g/mol. The summed E-state index contributed by atoms with van der Waals surface area (Å²) in [5.74, 6) is -0.203. The topological polar surface area (TPSA) is 40.6 Å². The van der Waals surface area contributed by atoms with Crippen molar-refractivity contribution < 1.29 is 9.59 Å². The Morgan fingerprint density at radius 1 is 1.00 bits per heavy atom. The normalized spacial score (nSPS) is 10.9. The quantitative estimate of drug-likeness (QED) is 0.387. The van der Waals surface area contributed by atoms with E-state index in [9.17, 15) is 9.59 Å². The van der Waals surface area contributed by atoms with Gasteiger partial charge in [0.25, 0.3) is 5.91 Å².